The molecule has 2 aromatic carbocycles. The number of hydrogen-bond donors (Lipinski definition) is 1. The third-order valence-corrected chi connectivity index (χ3v) is 5.63. The van der Waals surface area contributed by atoms with Gasteiger partial charge in [-0.25, -0.2) is 5.43 Å². The number of nitrogens with zero attached hydrogens (tertiary/aromatic N) is 4. The van der Waals surface area contributed by atoms with E-state index >= 15 is 0 Å². The van der Waals surface area contributed by atoms with Crippen LogP contribution in [0.1, 0.15) is 5.56 Å². The molecule has 1 N–H and O–H groups in total. The monoisotopic (exact) mass is 475 g/mol. The van der Waals surface area contributed by atoms with Crippen LogP contribution >= 0.6 is 23.4 Å². The van der Waals surface area contributed by atoms with Crippen LogP contribution in [-0.2, 0) is 11.8 Å². The van der Waals surface area contributed by atoms with Gasteiger partial charge in [0.05, 0.1) is 33.3 Å². The minimum absolute atomic E-state index is 0.124. The minimum atomic E-state index is -0.283. The molecule has 1 aromatic heterocycles. The van der Waals surface area contributed by atoms with Gasteiger partial charge in [0.1, 0.15) is 0 Å². The first-order valence-corrected chi connectivity index (χ1v) is 10.7. The molecule has 32 heavy (non-hydrogen) atoms. The molecular weight excluding hydrogens is 454 g/mol. The zero-order chi connectivity index (χ0) is 23.1. The number of carbonyl (C=O) groups excluding carboxylic acids is 1. The molecule has 0 saturated heterocycles. The van der Waals surface area contributed by atoms with Gasteiger partial charge in [-0.1, -0.05) is 23.4 Å². The van der Waals surface area contributed by atoms with Gasteiger partial charge in [0, 0.05) is 23.2 Å². The van der Waals surface area contributed by atoms with Crippen molar-refractivity contribution in [3.63, 3.8) is 0 Å². The number of halogens is 1. The van der Waals surface area contributed by atoms with E-state index in [0.29, 0.717) is 38.8 Å². The summed E-state index contributed by atoms with van der Waals surface area (Å²) < 4.78 is 17.7. The van der Waals surface area contributed by atoms with Crippen molar-refractivity contribution in [1.29, 1.82) is 0 Å². The average molecular weight is 476 g/mol. The third-order valence-electron chi connectivity index (χ3n) is 4.36. The second-order valence-corrected chi connectivity index (χ2v) is 7.79. The Morgan fingerprint density at radius 3 is 2.38 bits per heavy atom. The third kappa shape index (κ3) is 5.51. The van der Waals surface area contributed by atoms with E-state index in [2.05, 4.69) is 20.7 Å². The molecule has 9 nitrogen and oxygen atoms in total. The smallest absolute Gasteiger partial charge is 0.250 e. The maximum atomic E-state index is 12.2. The number of hydrazone groups is 1. The molecule has 0 aliphatic carbocycles. The SMILES string of the molecule is COc1cc(C=NNC(=O)CSc2nnc(-c3ccc(Cl)cc3)n2C)cc(OC)c1OC. The molecule has 0 aliphatic rings. The number of aromatic nitrogens is 3. The van der Waals surface area contributed by atoms with Crippen LogP contribution in [0.3, 0.4) is 0 Å². The summed E-state index contributed by atoms with van der Waals surface area (Å²) in [4.78, 5) is 12.2. The summed E-state index contributed by atoms with van der Waals surface area (Å²) in [6.45, 7) is 0. The van der Waals surface area contributed by atoms with E-state index in [-0.39, 0.29) is 11.7 Å². The fourth-order valence-corrected chi connectivity index (χ4v) is 3.64. The highest BCUT2D eigenvalue weighted by Crippen LogP contribution is 2.37. The highest BCUT2D eigenvalue weighted by molar-refractivity contribution is 7.99. The summed E-state index contributed by atoms with van der Waals surface area (Å²) >= 11 is 7.19. The predicted octanol–water partition coefficient (Wildman–Crippen LogP) is 3.40. The molecule has 0 atom stereocenters. The lowest BCUT2D eigenvalue weighted by atomic mass is 10.2. The molecule has 0 unspecified atom stereocenters. The number of benzene rings is 2. The van der Waals surface area contributed by atoms with Crippen LogP contribution in [0.5, 0.6) is 17.2 Å². The standard InChI is InChI=1S/C21H22ClN5O4S/c1-27-20(14-5-7-15(22)8-6-14)25-26-21(27)32-12-18(28)24-23-11-13-9-16(29-2)19(31-4)17(10-13)30-3/h5-11H,12H2,1-4H3,(H,24,28). The van der Waals surface area contributed by atoms with E-state index in [1.807, 2.05) is 23.7 Å². The first kappa shape index (κ1) is 23.4. The van der Waals surface area contributed by atoms with Crippen LogP contribution in [0.25, 0.3) is 11.4 Å². The molecule has 1 amide bonds. The Morgan fingerprint density at radius 2 is 1.78 bits per heavy atom. The second-order valence-electron chi connectivity index (χ2n) is 6.41. The zero-order valence-electron chi connectivity index (χ0n) is 18.0. The molecule has 3 rings (SSSR count). The van der Waals surface area contributed by atoms with Crippen molar-refractivity contribution in [2.45, 2.75) is 5.16 Å². The Hall–Kier alpha value is -3.24. The zero-order valence-corrected chi connectivity index (χ0v) is 19.5. The largest absolute Gasteiger partial charge is 0.493 e. The molecule has 168 valence electrons. The molecule has 0 saturated carbocycles. The molecule has 0 radical (unpaired) electrons. The Bertz CT molecular complexity index is 1090. The van der Waals surface area contributed by atoms with Crippen LogP contribution < -0.4 is 19.6 Å². The van der Waals surface area contributed by atoms with E-state index in [1.165, 1.54) is 39.3 Å². The molecule has 0 aliphatic heterocycles. The molecule has 11 heteroatoms. The molecular formula is C21H22ClN5O4S. The Kier molecular flexibility index (Phi) is 7.96. The first-order chi connectivity index (χ1) is 15.5. The summed E-state index contributed by atoms with van der Waals surface area (Å²) in [5.74, 6) is 2.00. The van der Waals surface area contributed by atoms with Gasteiger partial charge in [0.25, 0.3) is 5.91 Å². The summed E-state index contributed by atoms with van der Waals surface area (Å²) in [6.07, 6.45) is 1.49. The van der Waals surface area contributed by atoms with Crippen LogP contribution in [0.2, 0.25) is 5.02 Å². The Balaban J connectivity index is 1.59. The van der Waals surface area contributed by atoms with Crippen molar-refractivity contribution in [3.05, 3.63) is 47.0 Å². The summed E-state index contributed by atoms with van der Waals surface area (Å²) in [6, 6.07) is 10.8. The lowest BCUT2D eigenvalue weighted by Gasteiger charge is -2.12. The van der Waals surface area contributed by atoms with Crippen molar-refractivity contribution in [2.24, 2.45) is 12.1 Å². The number of rotatable bonds is 9. The Morgan fingerprint density at radius 1 is 1.12 bits per heavy atom. The molecule has 0 bridgehead atoms. The number of carbonyl (C=O) groups is 1. The molecule has 0 fully saturated rings. The van der Waals surface area contributed by atoms with E-state index in [9.17, 15) is 4.79 Å². The fourth-order valence-electron chi connectivity index (χ4n) is 2.81. The fraction of sp³-hybridized carbons (Fsp3) is 0.238. The van der Waals surface area contributed by atoms with Gasteiger partial charge < -0.3 is 18.8 Å². The van der Waals surface area contributed by atoms with Gasteiger partial charge in [-0.15, -0.1) is 10.2 Å². The van der Waals surface area contributed by atoms with Crippen LogP contribution in [0.15, 0.2) is 46.7 Å². The maximum Gasteiger partial charge on any atom is 0.250 e. The highest BCUT2D eigenvalue weighted by Gasteiger charge is 2.14. The molecule has 3 aromatic rings. The van der Waals surface area contributed by atoms with Crippen molar-refractivity contribution in [1.82, 2.24) is 20.2 Å². The summed E-state index contributed by atoms with van der Waals surface area (Å²) in [7, 11) is 6.43. The maximum absolute atomic E-state index is 12.2. The first-order valence-electron chi connectivity index (χ1n) is 9.36. The number of nitrogens with one attached hydrogen (secondary N) is 1. The number of ether oxygens (including phenoxy) is 3. The van der Waals surface area contributed by atoms with Gasteiger partial charge in [0.2, 0.25) is 5.75 Å². The molecule has 1 heterocycles. The average Bonchev–Trinajstić information content (AvgIpc) is 3.17. The van der Waals surface area contributed by atoms with Crippen molar-refractivity contribution in [3.8, 4) is 28.6 Å². The van der Waals surface area contributed by atoms with Gasteiger partial charge in [0.15, 0.2) is 22.5 Å². The van der Waals surface area contributed by atoms with Gasteiger partial charge >= 0.3 is 0 Å². The van der Waals surface area contributed by atoms with Gasteiger partial charge in [-0.2, -0.15) is 5.10 Å². The number of hydrogen-bond acceptors (Lipinski definition) is 8. The number of thioether (sulfide) groups is 1. The lowest BCUT2D eigenvalue weighted by Crippen LogP contribution is -2.19. The van der Waals surface area contributed by atoms with Crippen molar-refractivity contribution >= 4 is 35.5 Å². The molecule has 0 spiro atoms. The highest BCUT2D eigenvalue weighted by atomic mass is 35.5. The van der Waals surface area contributed by atoms with E-state index in [1.54, 1.807) is 24.3 Å². The van der Waals surface area contributed by atoms with Crippen molar-refractivity contribution in [2.75, 3.05) is 27.1 Å². The van der Waals surface area contributed by atoms with E-state index < -0.39 is 0 Å². The van der Waals surface area contributed by atoms with E-state index in [0.717, 1.165) is 5.56 Å². The van der Waals surface area contributed by atoms with Crippen molar-refractivity contribution < 1.29 is 19.0 Å². The lowest BCUT2D eigenvalue weighted by molar-refractivity contribution is -0.118. The van der Waals surface area contributed by atoms with Gasteiger partial charge in [-0.3, -0.25) is 4.79 Å². The van der Waals surface area contributed by atoms with Gasteiger partial charge in [-0.05, 0) is 36.4 Å². The minimum Gasteiger partial charge on any atom is -0.493 e. The second kappa shape index (κ2) is 10.9. The van der Waals surface area contributed by atoms with E-state index in [4.69, 9.17) is 25.8 Å². The van der Waals surface area contributed by atoms with Crippen LogP contribution in [-0.4, -0.2) is 54.0 Å². The van der Waals surface area contributed by atoms with Crippen LogP contribution in [0.4, 0.5) is 0 Å². The topological polar surface area (TPSA) is 99.9 Å². The Labute approximate surface area is 194 Å². The summed E-state index contributed by atoms with van der Waals surface area (Å²) in [5.41, 5.74) is 4.05. The quantitative estimate of drug-likeness (QED) is 0.287. The van der Waals surface area contributed by atoms with Crippen LogP contribution in [0, 0.1) is 0 Å². The summed E-state index contributed by atoms with van der Waals surface area (Å²) in [5, 5.41) is 13.6. The number of methoxy groups -OCH3 is 3. The number of amides is 1. The predicted molar refractivity (Wildman–Crippen MR) is 124 cm³/mol. The normalized spacial score (nSPS) is 10.9.